The number of carboxylic acid groups (broad SMARTS) is 1. The lowest BCUT2D eigenvalue weighted by molar-refractivity contribution is -0.124. The first-order valence-corrected chi connectivity index (χ1v) is 10.4. The first-order chi connectivity index (χ1) is 14.1. The van der Waals surface area contributed by atoms with Crippen molar-refractivity contribution < 1.29 is 14.7 Å². The molecule has 1 aliphatic carbocycles. The second-order valence-corrected chi connectivity index (χ2v) is 9.03. The molecule has 1 aromatic rings. The maximum Gasteiger partial charge on any atom is 0.410 e. The van der Waals surface area contributed by atoms with Crippen molar-refractivity contribution in [3.05, 3.63) is 35.9 Å². The number of rotatable bonds is 7. The maximum absolute atomic E-state index is 13.3. The normalized spacial score (nSPS) is 17.3. The number of nitriles is 1. The Bertz CT molecular complexity index is 819. The quantitative estimate of drug-likeness (QED) is 0.462. The minimum absolute atomic E-state index is 0.125. The smallest absolute Gasteiger partial charge is 0.410 e. The highest BCUT2D eigenvalue weighted by Gasteiger charge is 2.39. The summed E-state index contributed by atoms with van der Waals surface area (Å²) in [6, 6.07) is 10.3. The lowest BCUT2D eigenvalue weighted by atomic mass is 9.76. The van der Waals surface area contributed by atoms with E-state index in [0.29, 0.717) is 24.8 Å². The topological polar surface area (TPSA) is 115 Å². The molecule has 1 fully saturated rings. The van der Waals surface area contributed by atoms with Gasteiger partial charge in [0.1, 0.15) is 17.4 Å². The SMILES string of the molecule is CC(C)C(C)(C)CC(N=C(NC(=O)O)c1ccccc1)C(=O)NC1(C#N)CCCC1. The third kappa shape index (κ3) is 6.06. The van der Waals surface area contributed by atoms with Crippen molar-refractivity contribution in [2.45, 2.75) is 71.4 Å². The van der Waals surface area contributed by atoms with Crippen LogP contribution in [0.4, 0.5) is 4.79 Å². The van der Waals surface area contributed by atoms with Gasteiger partial charge in [-0.25, -0.2) is 4.79 Å². The molecular weight excluding hydrogens is 380 g/mol. The van der Waals surface area contributed by atoms with Gasteiger partial charge in [0.2, 0.25) is 5.91 Å². The monoisotopic (exact) mass is 412 g/mol. The van der Waals surface area contributed by atoms with Crippen molar-refractivity contribution in [2.75, 3.05) is 0 Å². The van der Waals surface area contributed by atoms with Crippen LogP contribution in [0.2, 0.25) is 0 Å². The van der Waals surface area contributed by atoms with Crippen LogP contribution in [0, 0.1) is 22.7 Å². The number of amidine groups is 1. The molecule has 7 nitrogen and oxygen atoms in total. The molecule has 1 unspecified atom stereocenters. The Morgan fingerprint density at radius 1 is 1.23 bits per heavy atom. The maximum atomic E-state index is 13.3. The number of carbonyl (C=O) groups is 2. The van der Waals surface area contributed by atoms with E-state index in [1.165, 1.54) is 0 Å². The van der Waals surface area contributed by atoms with Gasteiger partial charge in [-0.1, -0.05) is 58.0 Å². The largest absolute Gasteiger partial charge is 0.465 e. The van der Waals surface area contributed by atoms with Gasteiger partial charge < -0.3 is 10.4 Å². The molecule has 1 saturated carbocycles. The van der Waals surface area contributed by atoms with Crippen LogP contribution in [0.25, 0.3) is 0 Å². The van der Waals surface area contributed by atoms with Gasteiger partial charge in [-0.15, -0.1) is 0 Å². The standard InChI is InChI=1S/C23H32N4O3/c1-16(2)22(3,4)14-18(20(28)27-23(15-24)12-8-9-13-23)25-19(26-21(29)30)17-10-6-5-7-11-17/h5-7,10-11,16,18H,8-9,12-14H2,1-4H3,(H,25,26)(H,27,28)(H,29,30). The van der Waals surface area contributed by atoms with Crippen molar-refractivity contribution in [1.29, 1.82) is 5.26 Å². The zero-order valence-electron chi connectivity index (χ0n) is 18.2. The van der Waals surface area contributed by atoms with E-state index in [0.717, 1.165) is 12.8 Å². The zero-order valence-corrected chi connectivity index (χ0v) is 18.2. The van der Waals surface area contributed by atoms with E-state index in [4.69, 9.17) is 0 Å². The fourth-order valence-corrected chi connectivity index (χ4v) is 3.53. The molecule has 0 aromatic heterocycles. The molecule has 162 valence electrons. The number of nitrogens with zero attached hydrogens (tertiary/aromatic N) is 2. The Morgan fingerprint density at radius 2 is 1.83 bits per heavy atom. The summed E-state index contributed by atoms with van der Waals surface area (Å²) < 4.78 is 0. The Hall–Kier alpha value is -2.88. The molecule has 0 aliphatic heterocycles. The summed E-state index contributed by atoms with van der Waals surface area (Å²) in [5, 5.41) is 24.2. The second kappa shape index (κ2) is 9.75. The van der Waals surface area contributed by atoms with Gasteiger partial charge in [0, 0.05) is 5.56 Å². The van der Waals surface area contributed by atoms with E-state index in [1.54, 1.807) is 24.3 Å². The van der Waals surface area contributed by atoms with E-state index in [2.05, 4.69) is 49.4 Å². The number of aliphatic imine (C=N–C) groups is 1. The molecule has 0 spiro atoms. The number of benzene rings is 1. The molecule has 0 radical (unpaired) electrons. The summed E-state index contributed by atoms with van der Waals surface area (Å²) in [7, 11) is 0. The molecule has 0 heterocycles. The van der Waals surface area contributed by atoms with Crippen LogP contribution >= 0.6 is 0 Å². The molecule has 30 heavy (non-hydrogen) atoms. The molecule has 1 atom stereocenters. The van der Waals surface area contributed by atoms with Gasteiger partial charge >= 0.3 is 6.09 Å². The lowest BCUT2D eigenvalue weighted by Gasteiger charge is -2.33. The van der Waals surface area contributed by atoms with Crippen molar-refractivity contribution in [3.8, 4) is 6.07 Å². The molecule has 2 rings (SSSR count). The Balaban J connectivity index is 2.42. The van der Waals surface area contributed by atoms with Crippen LogP contribution in [0.15, 0.2) is 35.3 Å². The highest BCUT2D eigenvalue weighted by Crippen LogP contribution is 2.34. The Labute approximate surface area is 178 Å². The third-order valence-electron chi connectivity index (χ3n) is 6.18. The highest BCUT2D eigenvalue weighted by atomic mass is 16.4. The van der Waals surface area contributed by atoms with Crippen LogP contribution in [-0.2, 0) is 4.79 Å². The van der Waals surface area contributed by atoms with Crippen LogP contribution in [0.1, 0.15) is 65.4 Å². The Morgan fingerprint density at radius 3 is 2.33 bits per heavy atom. The molecule has 7 heteroatoms. The van der Waals surface area contributed by atoms with E-state index >= 15 is 0 Å². The first-order valence-electron chi connectivity index (χ1n) is 10.4. The van der Waals surface area contributed by atoms with Crippen molar-refractivity contribution in [3.63, 3.8) is 0 Å². The fourth-order valence-electron chi connectivity index (χ4n) is 3.53. The number of hydrogen-bond acceptors (Lipinski definition) is 4. The number of carbonyl (C=O) groups excluding carboxylic acids is 1. The van der Waals surface area contributed by atoms with E-state index < -0.39 is 17.7 Å². The van der Waals surface area contributed by atoms with Crippen molar-refractivity contribution in [1.82, 2.24) is 10.6 Å². The van der Waals surface area contributed by atoms with Gasteiger partial charge in [-0.3, -0.25) is 15.1 Å². The average molecular weight is 413 g/mol. The minimum atomic E-state index is -1.25. The van der Waals surface area contributed by atoms with Crippen molar-refractivity contribution >= 4 is 17.8 Å². The lowest BCUT2D eigenvalue weighted by Crippen LogP contribution is -2.50. The van der Waals surface area contributed by atoms with Gasteiger partial charge in [0.05, 0.1) is 6.07 Å². The Kier molecular flexibility index (Phi) is 7.60. The summed E-state index contributed by atoms with van der Waals surface area (Å²) in [6.45, 7) is 8.30. The van der Waals surface area contributed by atoms with E-state index in [9.17, 15) is 20.0 Å². The van der Waals surface area contributed by atoms with Gasteiger partial charge in [-0.2, -0.15) is 5.26 Å². The molecule has 2 amide bonds. The van der Waals surface area contributed by atoms with Crippen LogP contribution in [-0.4, -0.2) is 34.5 Å². The summed E-state index contributed by atoms with van der Waals surface area (Å²) in [6.07, 6.45) is 2.22. The van der Waals surface area contributed by atoms with Gasteiger partial charge in [0.25, 0.3) is 0 Å². The summed E-state index contributed by atoms with van der Waals surface area (Å²) in [5.41, 5.74) is -0.498. The second-order valence-electron chi connectivity index (χ2n) is 9.03. The predicted molar refractivity (Wildman–Crippen MR) is 116 cm³/mol. The predicted octanol–water partition coefficient (Wildman–Crippen LogP) is 4.09. The van der Waals surface area contributed by atoms with E-state index in [-0.39, 0.29) is 23.1 Å². The summed E-state index contributed by atoms with van der Waals surface area (Å²) in [4.78, 5) is 29.2. The highest BCUT2D eigenvalue weighted by molar-refractivity contribution is 6.07. The molecule has 1 aromatic carbocycles. The molecule has 1 aliphatic rings. The van der Waals surface area contributed by atoms with Crippen LogP contribution < -0.4 is 10.6 Å². The summed E-state index contributed by atoms with van der Waals surface area (Å²) >= 11 is 0. The number of amides is 2. The van der Waals surface area contributed by atoms with Crippen LogP contribution in [0.3, 0.4) is 0 Å². The molecule has 3 N–H and O–H groups in total. The molecule has 0 saturated heterocycles. The number of nitrogens with one attached hydrogen (secondary N) is 2. The third-order valence-corrected chi connectivity index (χ3v) is 6.18. The van der Waals surface area contributed by atoms with Crippen molar-refractivity contribution in [2.24, 2.45) is 16.3 Å². The van der Waals surface area contributed by atoms with E-state index in [1.807, 2.05) is 6.07 Å². The average Bonchev–Trinajstić information content (AvgIpc) is 3.15. The van der Waals surface area contributed by atoms with Crippen LogP contribution in [0.5, 0.6) is 0 Å². The number of hydrogen-bond donors (Lipinski definition) is 3. The fraction of sp³-hybridized carbons (Fsp3) is 0.565. The minimum Gasteiger partial charge on any atom is -0.465 e. The molecule has 0 bridgehead atoms. The summed E-state index contributed by atoms with van der Waals surface area (Å²) in [5.74, 6) is 0.0695. The van der Waals surface area contributed by atoms with Gasteiger partial charge in [0.15, 0.2) is 0 Å². The molecular formula is C23H32N4O3. The van der Waals surface area contributed by atoms with Gasteiger partial charge in [-0.05, 0) is 43.4 Å². The first kappa shape index (κ1) is 23.4. The zero-order chi connectivity index (χ0) is 22.4.